The molecule has 3 aromatic rings. The van der Waals surface area contributed by atoms with Gasteiger partial charge >= 0.3 is 12.1 Å². The molecule has 3 aromatic carbocycles. The molecule has 4 aliphatic heterocycles. The van der Waals surface area contributed by atoms with Gasteiger partial charge in [-0.1, -0.05) is 181 Å². The zero-order valence-electron chi connectivity index (χ0n) is 45.6. The van der Waals surface area contributed by atoms with Crippen LogP contribution in [0.5, 0.6) is 0 Å². The molecular formula is C58H79Cl3O16. The number of carbonyl (C=O) groups excluding carboxylic acids is 2. The Balaban J connectivity index is 1.24. The number of hydrogen-bond acceptors (Lipinski definition) is 16. The van der Waals surface area contributed by atoms with Gasteiger partial charge in [0.15, 0.2) is 37.4 Å². The molecule has 0 aliphatic carbocycles. The highest BCUT2D eigenvalue weighted by Gasteiger charge is 2.55. The first kappa shape index (κ1) is 61.4. The Morgan fingerprint density at radius 3 is 1.52 bits per heavy atom. The third-order valence-electron chi connectivity index (χ3n) is 15.7. The quantitative estimate of drug-likeness (QED) is 0.0743. The van der Waals surface area contributed by atoms with Gasteiger partial charge in [-0.3, -0.25) is 4.79 Å². The highest BCUT2D eigenvalue weighted by atomic mass is 35.6. The largest absolute Gasteiger partial charge is 0.508 e. The summed E-state index contributed by atoms with van der Waals surface area (Å²) in [4.78, 5) is 25.9. The van der Waals surface area contributed by atoms with E-state index < -0.39 is 96.5 Å². The smallest absolute Gasteiger partial charge is 0.457 e. The summed E-state index contributed by atoms with van der Waals surface area (Å²) >= 11 is 17.7. The van der Waals surface area contributed by atoms with E-state index >= 15 is 0 Å². The maximum Gasteiger partial charge on any atom is 0.508 e. The molecule has 0 spiro atoms. The SMILES string of the molecule is CCC1O[C@H](OCC2O[C@@H](O[C@@H]3C(COCc4ccccc4)O[C@@H](OCc4ccccc4)[C@@H](C)C3C)[C@H](OCc3ccccc3)C(O[C@@H]3OC(CC)[C@H](C)[C@@H](C)C3OC(C)=O)[C@@H]2O)[C@H](OC(=O)OCC(Cl)(Cl)Cl)C(C)[C@@H]1C. The van der Waals surface area contributed by atoms with Crippen LogP contribution in [0, 0.1) is 35.5 Å². The van der Waals surface area contributed by atoms with Crippen molar-refractivity contribution in [2.45, 2.75) is 185 Å². The van der Waals surface area contributed by atoms with Crippen LogP contribution < -0.4 is 0 Å². The lowest BCUT2D eigenvalue weighted by atomic mass is 9.82. The summed E-state index contributed by atoms with van der Waals surface area (Å²) in [6, 6.07) is 29.3. The monoisotopic (exact) mass is 1140 g/mol. The second kappa shape index (κ2) is 29.0. The summed E-state index contributed by atoms with van der Waals surface area (Å²) in [6.07, 6.45) is -13.0. The third-order valence-corrected chi connectivity index (χ3v) is 16.1. The van der Waals surface area contributed by atoms with Crippen molar-refractivity contribution in [2.24, 2.45) is 35.5 Å². The molecule has 4 fully saturated rings. The van der Waals surface area contributed by atoms with E-state index in [4.69, 9.17) is 96.4 Å². The highest BCUT2D eigenvalue weighted by molar-refractivity contribution is 6.67. The Morgan fingerprint density at radius 1 is 0.506 bits per heavy atom. The molecule has 4 heterocycles. The highest BCUT2D eigenvalue weighted by Crippen LogP contribution is 2.42. The molecule has 4 aliphatic rings. The van der Waals surface area contributed by atoms with Crippen LogP contribution in [-0.2, 0) is 86.2 Å². The Kier molecular flexibility index (Phi) is 23.1. The van der Waals surface area contributed by atoms with E-state index in [0.717, 1.165) is 16.7 Å². The first-order valence-electron chi connectivity index (χ1n) is 27.1. The van der Waals surface area contributed by atoms with Crippen LogP contribution in [-0.4, -0.2) is 127 Å². The number of aliphatic hydroxyl groups is 1. The van der Waals surface area contributed by atoms with Gasteiger partial charge in [0.25, 0.3) is 0 Å². The fourth-order valence-electron chi connectivity index (χ4n) is 10.7. The lowest BCUT2D eigenvalue weighted by Gasteiger charge is -2.51. The number of halogens is 3. The zero-order valence-corrected chi connectivity index (χ0v) is 47.8. The topological polar surface area (TPSA) is 174 Å². The average Bonchev–Trinajstić information content (AvgIpc) is 3.42. The first-order chi connectivity index (χ1) is 36.8. The average molecular weight is 1140 g/mol. The van der Waals surface area contributed by atoms with Crippen molar-refractivity contribution in [3.8, 4) is 0 Å². The van der Waals surface area contributed by atoms with Crippen molar-refractivity contribution in [3.05, 3.63) is 108 Å². The molecule has 77 heavy (non-hydrogen) atoms. The van der Waals surface area contributed by atoms with Crippen LogP contribution in [0.25, 0.3) is 0 Å². The molecule has 19 heteroatoms. The molecule has 1 N–H and O–H groups in total. The van der Waals surface area contributed by atoms with E-state index in [0.29, 0.717) is 26.1 Å². The molecule has 0 bridgehead atoms. The van der Waals surface area contributed by atoms with Gasteiger partial charge in [0.1, 0.15) is 37.1 Å². The maximum atomic E-state index is 13.1. The summed E-state index contributed by atoms with van der Waals surface area (Å²) in [6.45, 7) is 17.4. The number of aliphatic hydroxyl groups excluding tert-OH is 1. The van der Waals surface area contributed by atoms with Crippen molar-refractivity contribution in [3.63, 3.8) is 0 Å². The number of benzene rings is 3. The third kappa shape index (κ3) is 16.7. The van der Waals surface area contributed by atoms with Crippen LogP contribution >= 0.6 is 34.8 Å². The Labute approximate surface area is 469 Å². The normalized spacial score (nSPS) is 35.7. The predicted octanol–water partition coefficient (Wildman–Crippen LogP) is 10.5. The van der Waals surface area contributed by atoms with E-state index in [1.807, 2.05) is 126 Å². The number of carbonyl (C=O) groups is 2. The number of rotatable bonds is 22. The summed E-state index contributed by atoms with van der Waals surface area (Å²) in [5, 5.41) is 12.8. The molecule has 8 unspecified atom stereocenters. The molecule has 0 aromatic heterocycles. The minimum absolute atomic E-state index is 0.00941. The van der Waals surface area contributed by atoms with Crippen molar-refractivity contribution < 1.29 is 76.3 Å². The second-order valence-electron chi connectivity index (χ2n) is 21.0. The molecule has 4 saturated heterocycles. The number of esters is 1. The van der Waals surface area contributed by atoms with Gasteiger partial charge in [0.2, 0.25) is 3.79 Å². The molecule has 0 saturated carbocycles. The Morgan fingerprint density at radius 2 is 0.974 bits per heavy atom. The zero-order chi connectivity index (χ0) is 55.4. The van der Waals surface area contributed by atoms with Crippen LogP contribution in [0.3, 0.4) is 0 Å². The Hall–Kier alpha value is -3.17. The minimum atomic E-state index is -1.88. The number of ether oxygens (including phenoxy) is 13. The van der Waals surface area contributed by atoms with Crippen molar-refractivity contribution >= 4 is 46.9 Å². The van der Waals surface area contributed by atoms with Crippen molar-refractivity contribution in [1.82, 2.24) is 0 Å². The standard InChI is InChI=1S/C58H79Cl3O16/c1-10-43-33(3)35(5)49(77-57(64)69-32-58(59,60)61)54(71-43)68-31-45-47(63)51(76-55-50(70-39(9)62)36(6)34(4)44(11-2)72-55)52(66-28-41-23-17-13-18-24-41)56(73-45)75-48-37(7)38(8)53(67-29-42-25-19-14-20-26-42)74-46(48)30-65-27-40-21-15-12-16-22-40/h12-26,33-38,43-56,63H,10-11,27-32H2,1-9H3/t33-,34+,35?,36+,37?,38-,43?,44?,45?,46?,47+,48-,49+,50?,51?,52+,53+,54-,55-,56-/m0/s1. The molecular weight excluding hydrogens is 1060 g/mol. The van der Waals surface area contributed by atoms with Gasteiger partial charge < -0.3 is 66.7 Å². The van der Waals surface area contributed by atoms with Gasteiger partial charge in [0, 0.05) is 24.7 Å². The predicted molar refractivity (Wildman–Crippen MR) is 286 cm³/mol. The van der Waals surface area contributed by atoms with E-state index in [-0.39, 0.29) is 67.5 Å². The first-order valence-corrected chi connectivity index (χ1v) is 28.2. The Bertz CT molecular complexity index is 2230. The van der Waals surface area contributed by atoms with Crippen molar-refractivity contribution in [1.29, 1.82) is 0 Å². The summed E-state index contributed by atoms with van der Waals surface area (Å²) in [5.74, 6) is -1.54. The van der Waals surface area contributed by atoms with Crippen molar-refractivity contribution in [2.75, 3.05) is 19.8 Å². The van der Waals surface area contributed by atoms with Gasteiger partial charge in [-0.05, 0) is 47.3 Å². The fourth-order valence-corrected chi connectivity index (χ4v) is 10.8. The maximum absolute atomic E-state index is 13.1. The van der Waals surface area contributed by atoms with Crippen LogP contribution in [0.1, 0.15) is 91.8 Å². The lowest BCUT2D eigenvalue weighted by molar-refractivity contribution is -0.381. The van der Waals surface area contributed by atoms with E-state index in [1.165, 1.54) is 6.92 Å². The molecule has 428 valence electrons. The number of hydrogen-bond donors (Lipinski definition) is 1. The van der Waals surface area contributed by atoms with E-state index in [1.54, 1.807) is 0 Å². The lowest BCUT2D eigenvalue weighted by Crippen LogP contribution is -2.65. The van der Waals surface area contributed by atoms with Crippen LogP contribution in [0.2, 0.25) is 0 Å². The molecule has 7 rings (SSSR count). The minimum Gasteiger partial charge on any atom is -0.457 e. The van der Waals surface area contributed by atoms with Gasteiger partial charge in [-0.15, -0.1) is 0 Å². The number of alkyl halides is 3. The summed E-state index contributed by atoms with van der Waals surface area (Å²) in [7, 11) is 0. The van der Waals surface area contributed by atoms with E-state index in [9.17, 15) is 14.7 Å². The molecule has 0 amide bonds. The molecule has 0 radical (unpaired) electrons. The summed E-state index contributed by atoms with van der Waals surface area (Å²) in [5.41, 5.74) is 2.81. The van der Waals surface area contributed by atoms with Crippen LogP contribution in [0.4, 0.5) is 4.79 Å². The van der Waals surface area contributed by atoms with Gasteiger partial charge in [0.05, 0.1) is 51.3 Å². The fraction of sp³-hybridized carbons (Fsp3) is 0.655. The van der Waals surface area contributed by atoms with Crippen LogP contribution in [0.15, 0.2) is 91.0 Å². The summed E-state index contributed by atoms with van der Waals surface area (Å²) < 4.78 is 82.7. The van der Waals surface area contributed by atoms with E-state index in [2.05, 4.69) is 20.8 Å². The van der Waals surface area contributed by atoms with Gasteiger partial charge in [-0.2, -0.15) is 0 Å². The molecule has 20 atom stereocenters. The van der Waals surface area contributed by atoms with Gasteiger partial charge in [-0.25, -0.2) is 4.79 Å². The molecule has 16 nitrogen and oxygen atoms in total. The second-order valence-corrected chi connectivity index (χ2v) is 23.6.